The molecule has 2 aliphatic rings. The molecular weight excluding hydrogens is 1250 g/mol. The van der Waals surface area contributed by atoms with Gasteiger partial charge in [0.05, 0.1) is 67.2 Å². The number of carbonyl (C=O) groups excluding carboxylic acids is 1. The summed E-state index contributed by atoms with van der Waals surface area (Å²) in [6.07, 6.45) is 12.0. The van der Waals surface area contributed by atoms with E-state index in [2.05, 4.69) is 46.4 Å². The van der Waals surface area contributed by atoms with Gasteiger partial charge in [-0.2, -0.15) is 38.2 Å². The summed E-state index contributed by atoms with van der Waals surface area (Å²) < 4.78 is 171. The maximum absolute atomic E-state index is 16.4. The molecule has 0 unspecified atom stereocenters. The maximum Gasteiger partial charge on any atom is 0.294 e. The quantitative estimate of drug-likeness (QED) is 0.00629. The molecule has 1 aromatic heterocycles. The van der Waals surface area contributed by atoms with Crippen molar-refractivity contribution in [3.8, 4) is 0 Å². The Morgan fingerprint density at radius 1 is 0.778 bits per heavy atom. The molecule has 90 heavy (non-hydrogen) atoms. The van der Waals surface area contributed by atoms with Gasteiger partial charge in [-0.3, -0.25) is 23.0 Å². The number of azide groups is 1. The summed E-state index contributed by atoms with van der Waals surface area (Å²) in [4.78, 5) is 17.0. The lowest BCUT2D eigenvalue weighted by molar-refractivity contribution is -0.438. The van der Waals surface area contributed by atoms with Crippen LogP contribution in [0.25, 0.3) is 50.3 Å². The van der Waals surface area contributed by atoms with Gasteiger partial charge in [-0.15, -0.1) is 0 Å². The first-order valence-electron chi connectivity index (χ1n) is 29.7. The Morgan fingerprint density at radius 2 is 1.44 bits per heavy atom. The van der Waals surface area contributed by atoms with Gasteiger partial charge in [-0.25, -0.2) is 4.39 Å². The number of anilines is 1. The molecule has 0 atom stereocenters. The van der Waals surface area contributed by atoms with Crippen LogP contribution in [0, 0.1) is 5.82 Å². The topological polar surface area (TPSA) is 334 Å². The summed E-state index contributed by atoms with van der Waals surface area (Å²) in [7, 11) is -17.5. The SMILES string of the molecule is C=c1/c(=C\C=C2/CCCC(/C=C/C3=[N+](CCCCCC(=O)NCCOCCOCCOCCN=[N+]=[N-])c4ccc5cc(S(=O)(=O)O)ccc5c4C3(C)C)=C2c2ccccc2F)n(CCCS(=O)(=O)O)c2ccc(N(CCCS(=O)(=O)O)CCCS(=O)(=O)O)cc12. The minimum Gasteiger partial charge on any atom is -0.379 e. The second kappa shape index (κ2) is 32.1. The Balaban J connectivity index is 1.21. The number of nitrogens with one attached hydrogen (secondary N) is 1. The van der Waals surface area contributed by atoms with Gasteiger partial charge >= 0.3 is 0 Å². The number of benzene rings is 4. The zero-order chi connectivity index (χ0) is 65.3. The van der Waals surface area contributed by atoms with E-state index in [1.165, 1.54) is 18.2 Å². The third-order valence-electron chi connectivity index (χ3n) is 15.7. The van der Waals surface area contributed by atoms with Crippen LogP contribution in [0.3, 0.4) is 0 Å². The summed E-state index contributed by atoms with van der Waals surface area (Å²) >= 11 is 0. The largest absolute Gasteiger partial charge is 0.379 e. The van der Waals surface area contributed by atoms with Crippen LogP contribution < -0.4 is 20.8 Å². The number of nitrogens with zero attached hydrogens (tertiary/aromatic N) is 6. The maximum atomic E-state index is 16.4. The Morgan fingerprint density at radius 3 is 2.11 bits per heavy atom. The Labute approximate surface area is 524 Å². The fourth-order valence-corrected chi connectivity index (χ4v) is 13.6. The zero-order valence-corrected chi connectivity index (χ0v) is 53.8. The number of amides is 1. The lowest BCUT2D eigenvalue weighted by atomic mass is 9.78. The molecule has 488 valence electrons. The van der Waals surface area contributed by atoms with Crippen LogP contribution in [0.4, 0.5) is 15.8 Å². The van der Waals surface area contributed by atoms with E-state index in [1.54, 1.807) is 47.4 Å². The van der Waals surface area contributed by atoms with Crippen LogP contribution in [0.1, 0.15) is 89.2 Å². The molecule has 1 amide bonds. The number of rotatable bonds is 36. The first-order chi connectivity index (χ1) is 42.7. The number of aromatic nitrogens is 1. The van der Waals surface area contributed by atoms with Gasteiger partial charge in [0.1, 0.15) is 12.4 Å². The smallest absolute Gasteiger partial charge is 0.294 e. The predicted molar refractivity (Wildman–Crippen MR) is 345 cm³/mol. The monoisotopic (exact) mass is 1320 g/mol. The third-order valence-corrected chi connectivity index (χ3v) is 18.9. The van der Waals surface area contributed by atoms with Crippen LogP contribution >= 0.6 is 0 Å². The van der Waals surface area contributed by atoms with E-state index in [0.717, 1.165) is 33.5 Å². The number of unbranched alkanes of at least 4 members (excludes halogenated alkanes) is 2. The van der Waals surface area contributed by atoms with Gasteiger partial charge in [0, 0.05) is 101 Å². The molecule has 23 nitrogen and oxygen atoms in total. The second-order valence-corrected chi connectivity index (χ2v) is 28.6. The molecule has 7 rings (SSSR count). The van der Waals surface area contributed by atoms with E-state index in [-0.39, 0.29) is 56.2 Å². The van der Waals surface area contributed by atoms with E-state index >= 15 is 4.39 Å². The predicted octanol–water partition coefficient (Wildman–Crippen LogP) is 8.24. The van der Waals surface area contributed by atoms with Crippen LogP contribution in [0.2, 0.25) is 0 Å². The van der Waals surface area contributed by atoms with Crippen molar-refractivity contribution in [1.82, 2.24) is 9.88 Å². The number of ether oxygens (including phenoxy) is 3. The summed E-state index contributed by atoms with van der Waals surface area (Å²) in [6.45, 7) is 12.1. The van der Waals surface area contributed by atoms with Crippen molar-refractivity contribution in [3.05, 3.63) is 140 Å². The second-order valence-electron chi connectivity index (χ2n) is 22.5. The highest BCUT2D eigenvalue weighted by Gasteiger charge is 2.45. The standard InChI is InChI=1S/C62H78FN7O16S4/c1-45-53-44-49(68(30-10-40-87(72,73)74)31-11-41-88(75,76)77)21-26-56(53)69(33-12-42-89(78,79)80)55(45)24-18-46-13-9-14-47(60(46)52-15-6-7-16-54(52)63)20-27-58-62(2,3)61-51-23-22-50(90(81,82)83)43-48(51)19-25-57(61)70(58)32-8-4-5-17-59(71)65-28-34-84-36-38-86-39-37-85-35-29-66-67-64/h6-7,15-16,18-27,43-44H,1,4-5,8-14,17,28-42H2,2-3H3,(H4-,65,71,72,73,74,75,76,77,78,79,80,81,82,83)/p+1. The van der Waals surface area contributed by atoms with Crippen LogP contribution in [-0.2, 0) is 71.4 Å². The molecule has 5 N–H and O–H groups in total. The molecule has 0 bridgehead atoms. The number of fused-ring (bicyclic) bond motifs is 4. The molecule has 1 aliphatic heterocycles. The van der Waals surface area contributed by atoms with Crippen molar-refractivity contribution in [3.63, 3.8) is 0 Å². The van der Waals surface area contributed by atoms with E-state index in [4.69, 9.17) is 19.7 Å². The van der Waals surface area contributed by atoms with Crippen LogP contribution in [-0.4, -0.2) is 162 Å². The Kier molecular flexibility index (Phi) is 25.2. The molecule has 28 heteroatoms. The highest BCUT2D eigenvalue weighted by molar-refractivity contribution is 7.86. The number of hydrogen-bond donors (Lipinski definition) is 5. The summed E-state index contributed by atoms with van der Waals surface area (Å²) in [5.74, 6) is -2.20. The van der Waals surface area contributed by atoms with E-state index < -0.39 is 69.0 Å². The van der Waals surface area contributed by atoms with Crippen molar-refractivity contribution in [1.29, 1.82) is 0 Å². The lowest BCUT2D eigenvalue weighted by Gasteiger charge is -2.25. The Hall–Kier alpha value is -6.66. The Bertz CT molecular complexity index is 4160. The number of allylic oxidation sites excluding steroid dienone is 6. The normalized spacial score (nSPS) is 15.4. The minimum absolute atomic E-state index is 0.00876. The highest BCUT2D eigenvalue weighted by atomic mass is 32.2. The van der Waals surface area contributed by atoms with Gasteiger partial charge in [-0.05, 0) is 147 Å². The van der Waals surface area contributed by atoms with Crippen molar-refractivity contribution >= 4 is 103 Å². The highest BCUT2D eigenvalue weighted by Crippen LogP contribution is 2.46. The minimum atomic E-state index is -4.50. The van der Waals surface area contributed by atoms with Gasteiger partial charge < -0.3 is 29.0 Å². The number of aryl methyl sites for hydroxylation is 1. The molecule has 0 saturated carbocycles. The molecule has 1 aliphatic carbocycles. The number of carbonyl (C=O) groups is 1. The number of halogens is 1. The van der Waals surface area contributed by atoms with Gasteiger partial charge in [0.15, 0.2) is 5.71 Å². The fraction of sp³-hybridized carbons (Fsp3) is 0.452. The first kappa shape index (κ1) is 70.8. The molecule has 5 aromatic rings. The van der Waals surface area contributed by atoms with Gasteiger partial charge in [-0.1, -0.05) is 48.1 Å². The number of hydrogen-bond acceptors (Lipinski definition) is 14. The van der Waals surface area contributed by atoms with Gasteiger partial charge in [0.2, 0.25) is 11.6 Å². The third kappa shape index (κ3) is 20.2. The summed E-state index contributed by atoms with van der Waals surface area (Å²) in [6, 6.07) is 20.1. The van der Waals surface area contributed by atoms with Crippen molar-refractivity contribution in [2.45, 2.75) is 94.9 Å². The van der Waals surface area contributed by atoms with Crippen LogP contribution in [0.5, 0.6) is 0 Å². The van der Waals surface area contributed by atoms with E-state index in [9.17, 15) is 56.7 Å². The molecule has 0 saturated heterocycles. The molecule has 2 heterocycles. The van der Waals surface area contributed by atoms with Crippen LogP contribution in [0.15, 0.2) is 112 Å². The van der Waals surface area contributed by atoms with Crippen molar-refractivity contribution in [2.75, 3.05) is 94.5 Å². The van der Waals surface area contributed by atoms with Gasteiger partial charge in [0.25, 0.3) is 40.5 Å². The van der Waals surface area contributed by atoms with Crippen molar-refractivity contribution in [2.24, 2.45) is 5.11 Å². The summed E-state index contributed by atoms with van der Waals surface area (Å²) in [5.41, 5.74) is 14.2. The molecular formula is C62H79FN7O16S4+. The molecule has 0 fully saturated rings. The molecule has 0 radical (unpaired) electrons. The zero-order valence-electron chi connectivity index (χ0n) is 50.5. The lowest BCUT2D eigenvalue weighted by Crippen LogP contribution is -2.29. The molecule has 0 spiro atoms. The average Bonchev–Trinajstić information content (AvgIpc) is 1.57. The van der Waals surface area contributed by atoms with E-state index in [1.807, 2.05) is 34.9 Å². The first-order valence-corrected chi connectivity index (χ1v) is 35.9. The average molecular weight is 1330 g/mol. The summed E-state index contributed by atoms with van der Waals surface area (Å²) in [5, 5.41) is 9.41. The van der Waals surface area contributed by atoms with Crippen molar-refractivity contribution < 1.29 is 79.9 Å². The molecule has 4 aromatic carbocycles. The van der Waals surface area contributed by atoms with E-state index in [0.29, 0.717) is 141 Å². The fourth-order valence-electron chi connectivity index (χ4n) is 11.6.